The largest absolute Gasteiger partial charge is 0.392 e. The topological polar surface area (TPSA) is 69.0 Å². The van der Waals surface area contributed by atoms with Gasteiger partial charge in [-0.05, 0) is 36.1 Å². The molecule has 0 amide bonds. The smallest absolute Gasteiger partial charge is 0.0681 e. The lowest BCUT2D eigenvalue weighted by molar-refractivity contribution is -0.0287. The van der Waals surface area contributed by atoms with Crippen LogP contribution in [0.4, 0.5) is 0 Å². The zero-order chi connectivity index (χ0) is 8.77. The van der Waals surface area contributed by atoms with Crippen molar-refractivity contribution in [3.8, 4) is 0 Å². The van der Waals surface area contributed by atoms with E-state index in [1.54, 1.807) is 0 Å². The summed E-state index contributed by atoms with van der Waals surface area (Å²) in [6.07, 6.45) is 2.73. The molecule has 66 valence electrons. The van der Waals surface area contributed by atoms with E-state index in [1.807, 2.05) is 0 Å². The number of azide groups is 1. The highest BCUT2D eigenvalue weighted by Crippen LogP contribution is 2.57. The van der Waals surface area contributed by atoms with E-state index in [9.17, 15) is 5.11 Å². The fraction of sp³-hybridized carbons (Fsp3) is 1.00. The summed E-state index contributed by atoms with van der Waals surface area (Å²) in [5.41, 5.74) is 8.32. The molecule has 0 aromatic rings. The summed E-state index contributed by atoms with van der Waals surface area (Å²) in [7, 11) is 0. The van der Waals surface area contributed by atoms with Crippen LogP contribution in [0.25, 0.3) is 10.4 Å². The molecule has 1 N–H and O–H groups in total. The Hall–Kier alpha value is -0.730. The van der Waals surface area contributed by atoms with Crippen LogP contribution in [0.5, 0.6) is 0 Å². The minimum absolute atomic E-state index is 0.0544. The van der Waals surface area contributed by atoms with Gasteiger partial charge in [0, 0.05) is 4.91 Å². The highest BCUT2D eigenvalue weighted by molar-refractivity contribution is 5.08. The van der Waals surface area contributed by atoms with Crippen molar-refractivity contribution in [1.29, 1.82) is 0 Å². The van der Waals surface area contributed by atoms with Crippen LogP contribution in [0.2, 0.25) is 0 Å². The summed E-state index contributed by atoms with van der Waals surface area (Å²) in [6.45, 7) is 2.10. The standard InChI is InChI=1S/C8H13N3O/c1-8-3-2-5(8)4-6(7(8)12)10-11-9/h5-7,12H,2-4H2,1H3/t5?,6-,7-,8-/m1/s1. The number of rotatable bonds is 1. The second-order valence-corrected chi connectivity index (χ2v) is 4.19. The number of hydrogen-bond donors (Lipinski definition) is 1. The van der Waals surface area contributed by atoms with Crippen molar-refractivity contribution >= 4 is 0 Å². The first-order valence-electron chi connectivity index (χ1n) is 4.41. The molecule has 0 bridgehead atoms. The number of hydrogen-bond acceptors (Lipinski definition) is 2. The van der Waals surface area contributed by atoms with Gasteiger partial charge in [0.2, 0.25) is 0 Å². The molecule has 0 heterocycles. The lowest BCUT2D eigenvalue weighted by Gasteiger charge is -2.44. The zero-order valence-electron chi connectivity index (χ0n) is 7.14. The minimum atomic E-state index is -0.410. The molecule has 4 heteroatoms. The first-order valence-corrected chi connectivity index (χ1v) is 4.41. The Morgan fingerprint density at radius 2 is 2.42 bits per heavy atom. The lowest BCUT2D eigenvalue weighted by atomic mass is 9.62. The van der Waals surface area contributed by atoms with E-state index < -0.39 is 6.10 Å². The Kier molecular flexibility index (Phi) is 1.56. The SMILES string of the molecule is C[C@@]12CCC1C[C@@H](N=[N+]=[N-])[C@H]2O. The maximum Gasteiger partial charge on any atom is 0.0681 e. The summed E-state index contributed by atoms with van der Waals surface area (Å²) < 4.78 is 0. The number of nitrogens with zero attached hydrogens (tertiary/aromatic N) is 3. The lowest BCUT2D eigenvalue weighted by Crippen LogP contribution is -2.42. The first-order chi connectivity index (χ1) is 5.68. The van der Waals surface area contributed by atoms with Crippen LogP contribution in [0.3, 0.4) is 0 Å². The molecule has 0 saturated heterocycles. The molecule has 4 nitrogen and oxygen atoms in total. The van der Waals surface area contributed by atoms with Gasteiger partial charge in [0.15, 0.2) is 0 Å². The monoisotopic (exact) mass is 167 g/mol. The van der Waals surface area contributed by atoms with E-state index in [0.29, 0.717) is 5.92 Å². The van der Waals surface area contributed by atoms with Gasteiger partial charge in [-0.1, -0.05) is 12.0 Å². The van der Waals surface area contributed by atoms with Gasteiger partial charge < -0.3 is 5.11 Å². The fourth-order valence-corrected chi connectivity index (χ4v) is 2.62. The minimum Gasteiger partial charge on any atom is -0.392 e. The molecule has 0 radical (unpaired) electrons. The van der Waals surface area contributed by atoms with Crippen molar-refractivity contribution in [2.24, 2.45) is 16.4 Å². The van der Waals surface area contributed by atoms with Crippen LogP contribution in [0.1, 0.15) is 26.2 Å². The molecule has 4 atom stereocenters. The molecule has 1 unspecified atom stereocenters. The molecule has 0 aromatic heterocycles. The number of aliphatic hydroxyl groups excluding tert-OH is 1. The van der Waals surface area contributed by atoms with Crippen molar-refractivity contribution in [1.82, 2.24) is 0 Å². The van der Waals surface area contributed by atoms with Gasteiger partial charge >= 0.3 is 0 Å². The highest BCUT2D eigenvalue weighted by atomic mass is 16.3. The van der Waals surface area contributed by atoms with Gasteiger partial charge in [-0.2, -0.15) is 0 Å². The van der Waals surface area contributed by atoms with Crippen LogP contribution in [0, 0.1) is 11.3 Å². The third-order valence-corrected chi connectivity index (χ3v) is 3.73. The Morgan fingerprint density at radius 1 is 1.67 bits per heavy atom. The molecule has 2 aliphatic carbocycles. The van der Waals surface area contributed by atoms with Gasteiger partial charge in [0.05, 0.1) is 12.1 Å². The molecular weight excluding hydrogens is 154 g/mol. The van der Waals surface area contributed by atoms with E-state index in [-0.39, 0.29) is 11.5 Å². The highest BCUT2D eigenvalue weighted by Gasteiger charge is 2.56. The third kappa shape index (κ3) is 0.793. The summed E-state index contributed by atoms with van der Waals surface area (Å²) in [5, 5.41) is 13.4. The van der Waals surface area contributed by atoms with Crippen LogP contribution in [0.15, 0.2) is 5.11 Å². The fourth-order valence-electron chi connectivity index (χ4n) is 2.62. The summed E-state index contributed by atoms with van der Waals surface area (Å²) in [5.74, 6) is 0.586. The van der Waals surface area contributed by atoms with Gasteiger partial charge in [-0.25, -0.2) is 0 Å². The van der Waals surface area contributed by atoms with E-state index in [0.717, 1.165) is 12.8 Å². The maximum atomic E-state index is 9.80. The van der Waals surface area contributed by atoms with Crippen molar-refractivity contribution in [3.05, 3.63) is 10.4 Å². The molecule has 0 spiro atoms. The molecule has 0 aliphatic heterocycles. The molecule has 12 heavy (non-hydrogen) atoms. The Morgan fingerprint density at radius 3 is 2.75 bits per heavy atom. The molecular formula is C8H13N3O. The molecule has 2 saturated carbocycles. The second-order valence-electron chi connectivity index (χ2n) is 4.19. The predicted octanol–water partition coefficient (Wildman–Crippen LogP) is 1.85. The Bertz CT molecular complexity index is 249. The van der Waals surface area contributed by atoms with Crippen LogP contribution in [-0.4, -0.2) is 17.3 Å². The van der Waals surface area contributed by atoms with Crippen LogP contribution in [-0.2, 0) is 0 Å². The molecule has 0 aromatic carbocycles. The maximum absolute atomic E-state index is 9.80. The Labute approximate surface area is 71.2 Å². The van der Waals surface area contributed by atoms with Crippen molar-refractivity contribution in [2.45, 2.75) is 38.3 Å². The summed E-state index contributed by atoms with van der Waals surface area (Å²) in [6, 6.07) is -0.174. The average Bonchev–Trinajstić information content (AvgIpc) is 2.19. The number of fused-ring (bicyclic) bond motifs is 1. The van der Waals surface area contributed by atoms with Gasteiger partial charge in [-0.3, -0.25) is 0 Å². The van der Waals surface area contributed by atoms with Crippen LogP contribution < -0.4 is 0 Å². The van der Waals surface area contributed by atoms with Gasteiger partial charge in [0.1, 0.15) is 0 Å². The number of aliphatic hydroxyl groups is 1. The van der Waals surface area contributed by atoms with Gasteiger partial charge in [0.25, 0.3) is 0 Å². The van der Waals surface area contributed by atoms with E-state index >= 15 is 0 Å². The predicted molar refractivity (Wildman–Crippen MR) is 44.4 cm³/mol. The van der Waals surface area contributed by atoms with Crippen LogP contribution >= 0.6 is 0 Å². The summed E-state index contributed by atoms with van der Waals surface area (Å²) in [4.78, 5) is 2.76. The normalized spacial score (nSPS) is 50.7. The average molecular weight is 167 g/mol. The van der Waals surface area contributed by atoms with Crippen molar-refractivity contribution in [2.75, 3.05) is 0 Å². The third-order valence-electron chi connectivity index (χ3n) is 3.73. The van der Waals surface area contributed by atoms with Crippen molar-refractivity contribution < 1.29 is 5.11 Å². The van der Waals surface area contributed by atoms with Gasteiger partial charge in [-0.15, -0.1) is 0 Å². The quantitative estimate of drug-likeness (QED) is 0.361. The zero-order valence-corrected chi connectivity index (χ0v) is 7.14. The second kappa shape index (κ2) is 2.38. The molecule has 2 fully saturated rings. The molecule has 2 rings (SSSR count). The van der Waals surface area contributed by atoms with E-state index in [1.165, 1.54) is 6.42 Å². The van der Waals surface area contributed by atoms with E-state index in [2.05, 4.69) is 16.9 Å². The van der Waals surface area contributed by atoms with Crippen molar-refractivity contribution in [3.63, 3.8) is 0 Å². The molecule has 2 aliphatic rings. The summed E-state index contributed by atoms with van der Waals surface area (Å²) >= 11 is 0. The first kappa shape index (κ1) is 7.90. The Balaban J connectivity index is 2.19. The van der Waals surface area contributed by atoms with E-state index in [4.69, 9.17) is 5.53 Å².